The molecule has 5 nitrogen and oxygen atoms in total. The molecule has 1 aromatic heterocycles. The van der Waals surface area contributed by atoms with Crippen molar-refractivity contribution in [2.24, 2.45) is 5.92 Å². The van der Waals surface area contributed by atoms with Crippen LogP contribution in [0.1, 0.15) is 51.1 Å². The molecule has 1 atom stereocenters. The SMILES string of the molecule is CCOC(=O)C[C@@H]1CCN(C2CCC(C#N)(c3ccc(Cl)cn3)CC2)C1. The Bertz CT molecular complexity index is 663. The summed E-state index contributed by atoms with van der Waals surface area (Å²) in [7, 11) is 0. The Kier molecular flexibility index (Phi) is 6.16. The van der Waals surface area contributed by atoms with E-state index >= 15 is 0 Å². The van der Waals surface area contributed by atoms with E-state index in [2.05, 4.69) is 16.0 Å². The van der Waals surface area contributed by atoms with E-state index in [1.54, 1.807) is 6.20 Å². The van der Waals surface area contributed by atoms with Crippen LogP contribution in [0.5, 0.6) is 0 Å². The molecule has 140 valence electrons. The second kappa shape index (κ2) is 8.37. The molecular weight excluding hydrogens is 350 g/mol. The highest BCUT2D eigenvalue weighted by molar-refractivity contribution is 6.30. The van der Waals surface area contributed by atoms with Crippen LogP contribution in [0.25, 0.3) is 0 Å². The molecule has 26 heavy (non-hydrogen) atoms. The first kappa shape index (κ1) is 19.1. The maximum absolute atomic E-state index is 11.7. The molecule has 2 heterocycles. The number of nitrogens with zero attached hydrogens (tertiary/aromatic N) is 3. The number of hydrogen-bond acceptors (Lipinski definition) is 5. The van der Waals surface area contributed by atoms with Crippen LogP contribution in [-0.2, 0) is 14.9 Å². The summed E-state index contributed by atoms with van der Waals surface area (Å²) in [5, 5.41) is 10.4. The lowest BCUT2D eigenvalue weighted by Crippen LogP contribution is -2.41. The van der Waals surface area contributed by atoms with Gasteiger partial charge in [-0.05, 0) is 63.6 Å². The lowest BCUT2D eigenvalue weighted by atomic mass is 9.71. The third-order valence-electron chi connectivity index (χ3n) is 5.83. The zero-order chi connectivity index (χ0) is 18.6. The van der Waals surface area contributed by atoms with Crippen molar-refractivity contribution < 1.29 is 9.53 Å². The standard InChI is InChI=1S/C20H26ClN3O2/c1-2-26-19(25)11-15-7-10-24(13-15)17-5-8-20(14-22,9-6-17)18-4-3-16(21)12-23-18/h3-4,12,15,17H,2,5-11,13H2,1H3/t15-,17?,20?/m0/s1. The number of carbonyl (C=O) groups is 1. The van der Waals surface area contributed by atoms with Crippen molar-refractivity contribution in [3.8, 4) is 6.07 Å². The van der Waals surface area contributed by atoms with Crippen molar-refractivity contribution in [2.75, 3.05) is 19.7 Å². The largest absolute Gasteiger partial charge is 0.466 e. The van der Waals surface area contributed by atoms with Crippen molar-refractivity contribution in [2.45, 2.75) is 56.9 Å². The van der Waals surface area contributed by atoms with Crippen molar-refractivity contribution >= 4 is 17.6 Å². The van der Waals surface area contributed by atoms with Gasteiger partial charge in [-0.3, -0.25) is 9.78 Å². The Balaban J connectivity index is 1.56. The molecule has 0 bridgehead atoms. The summed E-state index contributed by atoms with van der Waals surface area (Å²) in [6.07, 6.45) is 6.82. The number of hydrogen-bond donors (Lipinski definition) is 0. The molecule has 0 spiro atoms. The zero-order valence-electron chi connectivity index (χ0n) is 15.3. The molecule has 0 unspecified atom stereocenters. The fraction of sp³-hybridized carbons (Fsp3) is 0.650. The van der Waals surface area contributed by atoms with E-state index in [4.69, 9.17) is 16.3 Å². The van der Waals surface area contributed by atoms with E-state index < -0.39 is 5.41 Å². The Hall–Kier alpha value is -1.64. The summed E-state index contributed by atoms with van der Waals surface area (Å²) in [5.74, 6) is 0.315. The Morgan fingerprint density at radius 1 is 1.42 bits per heavy atom. The van der Waals surface area contributed by atoms with Crippen molar-refractivity contribution in [1.82, 2.24) is 9.88 Å². The molecule has 1 saturated carbocycles. The highest BCUT2D eigenvalue weighted by Crippen LogP contribution is 2.40. The average Bonchev–Trinajstić information content (AvgIpc) is 3.11. The summed E-state index contributed by atoms with van der Waals surface area (Å²) in [4.78, 5) is 18.6. The van der Waals surface area contributed by atoms with Gasteiger partial charge in [-0.1, -0.05) is 11.6 Å². The number of likely N-dealkylation sites (tertiary alicyclic amines) is 1. The Morgan fingerprint density at radius 2 is 2.19 bits per heavy atom. The van der Waals surface area contributed by atoms with Crippen LogP contribution >= 0.6 is 11.6 Å². The molecule has 2 fully saturated rings. The van der Waals surface area contributed by atoms with Gasteiger partial charge in [-0.2, -0.15) is 5.26 Å². The first-order valence-corrected chi connectivity index (χ1v) is 9.87. The minimum atomic E-state index is -0.495. The fourth-order valence-electron chi connectivity index (χ4n) is 4.36. The fourth-order valence-corrected chi connectivity index (χ4v) is 4.47. The van der Waals surface area contributed by atoms with Gasteiger partial charge in [-0.25, -0.2) is 0 Å². The van der Waals surface area contributed by atoms with Gasteiger partial charge in [0, 0.05) is 25.2 Å². The topological polar surface area (TPSA) is 66.2 Å². The molecule has 6 heteroatoms. The van der Waals surface area contributed by atoms with Gasteiger partial charge in [-0.15, -0.1) is 0 Å². The summed E-state index contributed by atoms with van der Waals surface area (Å²) < 4.78 is 5.07. The van der Waals surface area contributed by atoms with Crippen LogP contribution in [0, 0.1) is 17.2 Å². The number of aromatic nitrogens is 1. The third kappa shape index (κ3) is 4.19. The second-order valence-electron chi connectivity index (χ2n) is 7.45. The van der Waals surface area contributed by atoms with E-state index in [0.717, 1.165) is 50.9 Å². The number of nitriles is 1. The summed E-state index contributed by atoms with van der Waals surface area (Å²) in [5.41, 5.74) is 0.343. The van der Waals surface area contributed by atoms with Gasteiger partial charge in [0.2, 0.25) is 0 Å². The summed E-state index contributed by atoms with van der Waals surface area (Å²) in [6.45, 7) is 4.29. The number of halogens is 1. The second-order valence-corrected chi connectivity index (χ2v) is 7.88. The summed E-state index contributed by atoms with van der Waals surface area (Å²) >= 11 is 5.93. The molecule has 0 N–H and O–H groups in total. The van der Waals surface area contributed by atoms with Crippen LogP contribution in [-0.4, -0.2) is 41.6 Å². The summed E-state index contributed by atoms with van der Waals surface area (Å²) in [6, 6.07) is 6.73. The monoisotopic (exact) mass is 375 g/mol. The van der Waals surface area contributed by atoms with Gasteiger partial charge in [0.25, 0.3) is 0 Å². The molecule has 1 aromatic rings. The molecule has 0 amide bonds. The predicted molar refractivity (Wildman–Crippen MR) is 99.7 cm³/mol. The number of esters is 1. The molecule has 0 radical (unpaired) electrons. The van der Waals surface area contributed by atoms with Crippen LogP contribution < -0.4 is 0 Å². The van der Waals surface area contributed by atoms with Gasteiger partial charge in [0.15, 0.2) is 0 Å². The molecule has 3 rings (SSSR count). The lowest BCUT2D eigenvalue weighted by Gasteiger charge is -2.38. The third-order valence-corrected chi connectivity index (χ3v) is 6.06. The minimum absolute atomic E-state index is 0.0831. The number of ether oxygens (including phenoxy) is 1. The maximum atomic E-state index is 11.7. The van der Waals surface area contributed by atoms with E-state index in [1.165, 1.54) is 0 Å². The van der Waals surface area contributed by atoms with Crippen molar-refractivity contribution in [3.05, 3.63) is 29.0 Å². The molecular formula is C20H26ClN3O2. The van der Waals surface area contributed by atoms with Crippen LogP contribution in [0.2, 0.25) is 5.02 Å². The molecule has 1 aliphatic carbocycles. The van der Waals surface area contributed by atoms with E-state index in [9.17, 15) is 10.1 Å². The number of carbonyl (C=O) groups excluding carboxylic acids is 1. The Labute approximate surface area is 160 Å². The van der Waals surface area contributed by atoms with Crippen molar-refractivity contribution in [1.29, 1.82) is 5.26 Å². The first-order chi connectivity index (χ1) is 12.6. The highest BCUT2D eigenvalue weighted by Gasteiger charge is 2.41. The molecule has 0 aromatic carbocycles. The quantitative estimate of drug-likeness (QED) is 0.734. The first-order valence-electron chi connectivity index (χ1n) is 9.49. The Morgan fingerprint density at radius 3 is 2.81 bits per heavy atom. The number of rotatable bonds is 5. The van der Waals surface area contributed by atoms with Gasteiger partial charge in [0.05, 0.1) is 28.8 Å². The van der Waals surface area contributed by atoms with Crippen LogP contribution in [0.15, 0.2) is 18.3 Å². The predicted octanol–water partition coefficient (Wildman–Crippen LogP) is 3.71. The van der Waals surface area contributed by atoms with Gasteiger partial charge < -0.3 is 9.64 Å². The maximum Gasteiger partial charge on any atom is 0.306 e. The smallest absolute Gasteiger partial charge is 0.306 e. The average molecular weight is 376 g/mol. The number of pyridine rings is 1. The van der Waals surface area contributed by atoms with E-state index in [0.29, 0.717) is 30.0 Å². The highest BCUT2D eigenvalue weighted by atomic mass is 35.5. The molecule has 1 saturated heterocycles. The lowest BCUT2D eigenvalue weighted by molar-refractivity contribution is -0.144. The zero-order valence-corrected chi connectivity index (χ0v) is 16.0. The molecule has 2 aliphatic rings. The van der Waals surface area contributed by atoms with Gasteiger partial charge in [0.1, 0.15) is 0 Å². The van der Waals surface area contributed by atoms with Crippen LogP contribution in [0.3, 0.4) is 0 Å². The van der Waals surface area contributed by atoms with Gasteiger partial charge >= 0.3 is 5.97 Å². The van der Waals surface area contributed by atoms with E-state index in [1.807, 2.05) is 19.1 Å². The van der Waals surface area contributed by atoms with Crippen LogP contribution in [0.4, 0.5) is 0 Å². The van der Waals surface area contributed by atoms with Crippen molar-refractivity contribution in [3.63, 3.8) is 0 Å². The minimum Gasteiger partial charge on any atom is -0.466 e. The van der Waals surface area contributed by atoms with E-state index in [-0.39, 0.29) is 5.97 Å². The normalized spacial score (nSPS) is 29.3. The molecule has 1 aliphatic heterocycles.